The first-order chi connectivity index (χ1) is 9.42. The van der Waals surface area contributed by atoms with Gasteiger partial charge in [-0.25, -0.2) is 9.38 Å². The molecule has 0 aliphatic carbocycles. The van der Waals surface area contributed by atoms with Gasteiger partial charge in [0.1, 0.15) is 12.9 Å². The van der Waals surface area contributed by atoms with Crippen molar-refractivity contribution in [3.8, 4) is 11.5 Å². The molecule has 5 rings (SSSR count). The van der Waals surface area contributed by atoms with Crippen LogP contribution >= 0.6 is 0 Å². The molecule has 0 unspecified atom stereocenters. The summed E-state index contributed by atoms with van der Waals surface area (Å²) in [5.41, 5.74) is 4.47. The van der Waals surface area contributed by atoms with E-state index in [0.717, 1.165) is 34.2 Å². The Kier molecular flexibility index (Phi) is 1.44. The molecule has 4 aromatic heterocycles. The minimum absolute atomic E-state index is 0.704. The topological polar surface area (TPSA) is 60.1 Å². The van der Waals surface area contributed by atoms with E-state index in [1.807, 2.05) is 22.6 Å². The average molecular weight is 250 g/mol. The van der Waals surface area contributed by atoms with E-state index in [4.69, 9.17) is 4.42 Å². The molecule has 0 bridgehead atoms. The van der Waals surface area contributed by atoms with E-state index in [1.165, 1.54) is 0 Å². The maximum absolute atomic E-state index is 5.97. The van der Waals surface area contributed by atoms with E-state index < -0.39 is 0 Å². The summed E-state index contributed by atoms with van der Waals surface area (Å²) in [6.45, 7) is 0.704. The summed E-state index contributed by atoms with van der Waals surface area (Å²) >= 11 is 0. The predicted octanol–water partition coefficient (Wildman–Crippen LogP) is 1.19. The van der Waals surface area contributed by atoms with Crippen LogP contribution in [0.3, 0.4) is 0 Å². The fraction of sp³-hybridized carbons (Fsp3) is 0.0769. The van der Waals surface area contributed by atoms with Crippen molar-refractivity contribution in [1.82, 2.24) is 19.4 Å². The third-order valence-corrected chi connectivity index (χ3v) is 3.49. The van der Waals surface area contributed by atoms with Gasteiger partial charge in [-0.15, -0.1) is 0 Å². The maximum atomic E-state index is 5.97. The number of fused-ring (bicyclic) bond motifs is 7. The molecule has 0 saturated heterocycles. The lowest BCUT2D eigenvalue weighted by Crippen LogP contribution is -2.31. The van der Waals surface area contributed by atoms with Crippen LogP contribution in [-0.4, -0.2) is 19.4 Å². The maximum Gasteiger partial charge on any atom is 0.390 e. The van der Waals surface area contributed by atoms with E-state index in [-0.39, 0.29) is 0 Å². The molecule has 0 fully saturated rings. The largest absolute Gasteiger partial charge is 0.396 e. The summed E-state index contributed by atoms with van der Waals surface area (Å²) in [7, 11) is 0. The number of hydrogen-bond donors (Lipinski definition) is 0. The summed E-state index contributed by atoms with van der Waals surface area (Å²) in [5, 5.41) is 0. The molecule has 0 atom stereocenters. The van der Waals surface area contributed by atoms with E-state index >= 15 is 0 Å². The lowest BCUT2D eigenvalue weighted by Gasteiger charge is -1.91. The van der Waals surface area contributed by atoms with Gasteiger partial charge in [0.2, 0.25) is 0 Å². The molecule has 0 amide bonds. The zero-order valence-corrected chi connectivity index (χ0v) is 9.82. The molecule has 1 aliphatic rings. The van der Waals surface area contributed by atoms with Gasteiger partial charge in [-0.3, -0.25) is 4.98 Å². The van der Waals surface area contributed by atoms with Crippen molar-refractivity contribution in [2.24, 2.45) is 0 Å². The third kappa shape index (κ3) is 1.02. The second-order valence-electron chi connectivity index (χ2n) is 4.54. The Morgan fingerprint density at radius 1 is 1.26 bits per heavy atom. The lowest BCUT2D eigenvalue weighted by atomic mass is 10.2. The van der Waals surface area contributed by atoms with Gasteiger partial charge in [0.05, 0.1) is 11.3 Å². The molecular formula is C13H8N5O+. The molecule has 4 aromatic rings. The Labute approximate surface area is 107 Å². The number of pyridine rings is 1. The smallest absolute Gasteiger partial charge is 0.390 e. The molecule has 0 spiro atoms. The highest BCUT2D eigenvalue weighted by atomic mass is 16.4. The monoisotopic (exact) mass is 250 g/mol. The van der Waals surface area contributed by atoms with Crippen LogP contribution in [0.2, 0.25) is 0 Å². The minimum Gasteiger partial charge on any atom is -0.396 e. The zero-order chi connectivity index (χ0) is 12.4. The molecule has 0 aromatic carbocycles. The lowest BCUT2D eigenvalue weighted by molar-refractivity contribution is -0.651. The number of rotatable bonds is 0. The first-order valence-electron chi connectivity index (χ1n) is 6.00. The van der Waals surface area contributed by atoms with Crippen LogP contribution in [0, 0.1) is 0 Å². The number of hydrogen-bond acceptors (Lipinski definition) is 4. The van der Waals surface area contributed by atoms with Gasteiger partial charge < -0.3 is 4.42 Å². The normalized spacial score (nSPS) is 13.1. The standard InChI is InChI=1S/C13H8N5O/c1-2-8-9(15-4-1)6-17-11-13(19-12(8)17)18-7-14-5-3-10(18)16-11/h1-5,7H,6H2/q+1. The highest BCUT2D eigenvalue weighted by molar-refractivity contribution is 5.71. The second kappa shape index (κ2) is 2.97. The molecule has 1 aliphatic heterocycles. The fourth-order valence-corrected chi connectivity index (χ4v) is 2.64. The summed E-state index contributed by atoms with van der Waals surface area (Å²) in [4.78, 5) is 13.1. The van der Waals surface area contributed by atoms with Gasteiger partial charge in [0.15, 0.2) is 0 Å². The summed E-state index contributed by atoms with van der Waals surface area (Å²) < 4.78 is 9.89. The van der Waals surface area contributed by atoms with Crippen LogP contribution in [0.25, 0.3) is 28.5 Å². The number of imidazole rings is 1. The van der Waals surface area contributed by atoms with Gasteiger partial charge >= 0.3 is 17.3 Å². The SMILES string of the molecule is c1cnc2c(c1)-c1oc3c(nc4ccncn43)[n+]1C2. The minimum atomic E-state index is 0.704. The molecule has 0 N–H and O–H groups in total. The second-order valence-corrected chi connectivity index (χ2v) is 4.54. The number of nitrogens with zero attached hydrogens (tertiary/aromatic N) is 5. The predicted molar refractivity (Wildman–Crippen MR) is 65.3 cm³/mol. The van der Waals surface area contributed by atoms with Gasteiger partial charge in [-0.2, -0.15) is 4.57 Å². The highest BCUT2D eigenvalue weighted by Gasteiger charge is 2.34. The molecule has 0 saturated carbocycles. The van der Waals surface area contributed by atoms with Gasteiger partial charge in [-0.1, -0.05) is 0 Å². The van der Waals surface area contributed by atoms with Crippen LogP contribution in [0.5, 0.6) is 0 Å². The van der Waals surface area contributed by atoms with Gasteiger partial charge in [0, 0.05) is 18.5 Å². The summed E-state index contributed by atoms with van der Waals surface area (Å²) in [6, 6.07) is 5.80. The summed E-state index contributed by atoms with van der Waals surface area (Å²) in [5.74, 6) is 0.818. The van der Waals surface area contributed by atoms with Crippen molar-refractivity contribution in [2.75, 3.05) is 0 Å². The molecule has 19 heavy (non-hydrogen) atoms. The third-order valence-electron chi connectivity index (χ3n) is 3.49. The van der Waals surface area contributed by atoms with Gasteiger partial charge in [-0.05, 0) is 17.1 Å². The molecule has 5 heterocycles. The molecule has 6 heteroatoms. The van der Waals surface area contributed by atoms with Crippen LogP contribution in [0.4, 0.5) is 0 Å². The van der Waals surface area contributed by atoms with Crippen molar-refractivity contribution >= 4 is 17.0 Å². The molecule has 0 radical (unpaired) electrons. The Morgan fingerprint density at radius 3 is 3.26 bits per heavy atom. The Bertz CT molecular complexity index is 952. The first-order valence-corrected chi connectivity index (χ1v) is 6.00. The quantitative estimate of drug-likeness (QED) is 0.387. The Morgan fingerprint density at radius 2 is 2.26 bits per heavy atom. The summed E-state index contributed by atoms with van der Waals surface area (Å²) in [6.07, 6.45) is 5.24. The molecule has 6 nitrogen and oxygen atoms in total. The highest BCUT2D eigenvalue weighted by Crippen LogP contribution is 2.29. The van der Waals surface area contributed by atoms with Crippen molar-refractivity contribution < 1.29 is 8.98 Å². The molecular weight excluding hydrogens is 242 g/mol. The van der Waals surface area contributed by atoms with Crippen molar-refractivity contribution in [2.45, 2.75) is 6.54 Å². The van der Waals surface area contributed by atoms with E-state index in [9.17, 15) is 0 Å². The van der Waals surface area contributed by atoms with E-state index in [1.54, 1.807) is 18.7 Å². The zero-order valence-electron chi connectivity index (χ0n) is 9.82. The van der Waals surface area contributed by atoms with Gasteiger partial charge in [0.25, 0.3) is 5.65 Å². The van der Waals surface area contributed by atoms with E-state index in [2.05, 4.69) is 19.5 Å². The number of aromatic nitrogens is 5. The van der Waals surface area contributed by atoms with E-state index in [0.29, 0.717) is 6.54 Å². The van der Waals surface area contributed by atoms with Crippen LogP contribution in [-0.2, 0) is 6.54 Å². The average Bonchev–Trinajstić information content (AvgIpc) is 3.07. The molecule has 90 valence electrons. The Balaban J connectivity index is 1.93. The van der Waals surface area contributed by atoms with Crippen LogP contribution in [0.15, 0.2) is 41.3 Å². The van der Waals surface area contributed by atoms with Crippen molar-refractivity contribution in [3.05, 3.63) is 42.6 Å². The van der Waals surface area contributed by atoms with Crippen LogP contribution in [0.1, 0.15) is 5.69 Å². The fourth-order valence-electron chi connectivity index (χ4n) is 2.64. The van der Waals surface area contributed by atoms with Crippen molar-refractivity contribution in [1.29, 1.82) is 0 Å². The van der Waals surface area contributed by atoms with Crippen LogP contribution < -0.4 is 4.57 Å². The first kappa shape index (κ1) is 9.21. The van der Waals surface area contributed by atoms with Crippen molar-refractivity contribution in [3.63, 3.8) is 0 Å². The number of oxazole rings is 1. The Hall–Kier alpha value is -2.76.